The molecule has 0 radical (unpaired) electrons. The van der Waals surface area contributed by atoms with Crippen LogP contribution in [-0.2, 0) is 36.8 Å². The number of hydrogen-bond donors (Lipinski definition) is 10. The maximum atomic E-state index is 12.3. The Balaban J connectivity index is 0. The first-order valence-corrected chi connectivity index (χ1v) is 31.0. The molecular weight excluding hydrogens is 1310 g/mol. The number of Topliss-reactive ketones (excluding diaryl/α,β-unsaturated/α-hetero) is 5. The predicted molar refractivity (Wildman–Crippen MR) is 384 cm³/mol. The third-order valence-electron chi connectivity index (χ3n) is 14.9. The number of benzene rings is 6. The molecule has 0 bridgehead atoms. The number of methoxy groups -OCH3 is 7. The molecular formula is C72H104Cl3N5O17. The SMILES string of the molecule is CCc1ccc(OC)c(C(O)CCC(=O)CN)c1.COc1cc(OC)cc(C(O)CCC(=O)CN)c1.COc1ccc(OC)c(C(O)CCC(=O)C(C)N)c1.COc1ccc(OC)c(C(O)CCC(=O)C(N)Cc2ccccc2)c1.Cl.Cl.Cl.NCC(=O)CCC(O)c1ccccc1. The van der Waals surface area contributed by atoms with Crippen molar-refractivity contribution in [2.24, 2.45) is 28.7 Å². The second-order valence-electron chi connectivity index (χ2n) is 21.7. The summed E-state index contributed by atoms with van der Waals surface area (Å²) in [4.78, 5) is 56.9. The Kier molecular flexibility index (Phi) is 49.1. The van der Waals surface area contributed by atoms with Gasteiger partial charge in [0.2, 0.25) is 0 Å². The molecule has 97 heavy (non-hydrogen) atoms. The van der Waals surface area contributed by atoms with Gasteiger partial charge in [0.1, 0.15) is 69.2 Å². The van der Waals surface area contributed by atoms with Crippen molar-refractivity contribution < 1.29 is 82.7 Å². The van der Waals surface area contributed by atoms with Gasteiger partial charge in [0.05, 0.1) is 112 Å². The van der Waals surface area contributed by atoms with E-state index >= 15 is 0 Å². The molecule has 0 saturated carbocycles. The fraction of sp³-hybridized carbons (Fsp3) is 0.431. The number of ether oxygens (including phenoxy) is 7. The topological polar surface area (TPSA) is 381 Å². The number of nitrogens with two attached hydrogens (primary N) is 5. The van der Waals surface area contributed by atoms with Gasteiger partial charge in [0, 0.05) is 54.9 Å². The van der Waals surface area contributed by atoms with Crippen LogP contribution in [0.25, 0.3) is 0 Å². The second kappa shape index (κ2) is 51.9. The average molecular weight is 1420 g/mol. The minimum atomic E-state index is -0.821. The van der Waals surface area contributed by atoms with Gasteiger partial charge >= 0.3 is 0 Å². The van der Waals surface area contributed by atoms with E-state index in [0.717, 1.165) is 28.7 Å². The highest BCUT2D eigenvalue weighted by Crippen LogP contribution is 2.34. The molecule has 0 heterocycles. The van der Waals surface area contributed by atoms with Crippen LogP contribution in [0.2, 0.25) is 0 Å². The first-order valence-electron chi connectivity index (χ1n) is 31.0. The Labute approximate surface area is 590 Å². The third kappa shape index (κ3) is 34.7. The Morgan fingerprint density at radius 2 is 0.732 bits per heavy atom. The predicted octanol–water partition coefficient (Wildman–Crippen LogP) is 9.03. The number of ketones is 5. The van der Waals surface area contributed by atoms with E-state index in [2.05, 4.69) is 6.92 Å². The van der Waals surface area contributed by atoms with Crippen LogP contribution in [0.15, 0.2) is 133 Å². The number of hydrogen-bond acceptors (Lipinski definition) is 22. The molecule has 6 aromatic rings. The summed E-state index contributed by atoms with van der Waals surface area (Å²) in [7, 11) is 10.8. The van der Waals surface area contributed by atoms with Gasteiger partial charge in [-0.05, 0) is 135 Å². The molecule has 7 atom stereocenters. The molecule has 22 nitrogen and oxygen atoms in total. The van der Waals surface area contributed by atoms with E-state index in [0.29, 0.717) is 95.5 Å². The Morgan fingerprint density at radius 1 is 0.381 bits per heavy atom. The van der Waals surface area contributed by atoms with Crippen LogP contribution in [0.3, 0.4) is 0 Å². The Morgan fingerprint density at radius 3 is 1.10 bits per heavy atom. The number of carbonyl (C=O) groups is 5. The van der Waals surface area contributed by atoms with Crippen molar-refractivity contribution in [1.82, 2.24) is 0 Å². The number of aryl methyl sites for hydroxylation is 1. The zero-order chi connectivity index (χ0) is 70.1. The van der Waals surface area contributed by atoms with Crippen LogP contribution in [-0.4, -0.2) is 136 Å². The maximum Gasteiger partial charge on any atom is 0.149 e. The number of aliphatic hydroxyl groups excluding tert-OH is 5. The fourth-order valence-corrected chi connectivity index (χ4v) is 9.11. The van der Waals surface area contributed by atoms with E-state index in [-0.39, 0.29) is 118 Å². The van der Waals surface area contributed by atoms with Crippen molar-refractivity contribution in [3.63, 3.8) is 0 Å². The lowest BCUT2D eigenvalue weighted by molar-refractivity contribution is -0.121. The lowest BCUT2D eigenvalue weighted by Gasteiger charge is -2.17. The summed E-state index contributed by atoms with van der Waals surface area (Å²) in [5.74, 6) is 4.00. The quantitative estimate of drug-likeness (QED) is 0.0177. The lowest BCUT2D eigenvalue weighted by Crippen LogP contribution is -2.32. The van der Waals surface area contributed by atoms with Crippen molar-refractivity contribution >= 4 is 66.1 Å². The van der Waals surface area contributed by atoms with Crippen LogP contribution in [0.1, 0.15) is 148 Å². The first-order chi connectivity index (χ1) is 45.0. The average Bonchev–Trinajstić information content (AvgIpc) is 0.905. The highest BCUT2D eigenvalue weighted by Gasteiger charge is 2.22. The molecule has 0 saturated heterocycles. The zero-order valence-corrected chi connectivity index (χ0v) is 59.5. The van der Waals surface area contributed by atoms with Crippen molar-refractivity contribution in [2.45, 2.75) is 134 Å². The molecule has 0 amide bonds. The van der Waals surface area contributed by atoms with E-state index < -0.39 is 42.6 Å². The van der Waals surface area contributed by atoms with Gasteiger partial charge in [-0.3, -0.25) is 24.0 Å². The highest BCUT2D eigenvalue weighted by atomic mass is 35.5. The minimum Gasteiger partial charge on any atom is -0.497 e. The molecule has 6 aromatic carbocycles. The molecule has 0 aromatic heterocycles. The highest BCUT2D eigenvalue weighted by molar-refractivity contribution is 5.86. The molecule has 25 heteroatoms. The maximum absolute atomic E-state index is 12.3. The Hall–Kier alpha value is -7.26. The molecule has 0 aliphatic carbocycles. The van der Waals surface area contributed by atoms with E-state index in [1.165, 1.54) is 7.11 Å². The number of rotatable bonds is 35. The summed E-state index contributed by atoms with van der Waals surface area (Å²) < 4.78 is 36.2. The van der Waals surface area contributed by atoms with Crippen molar-refractivity contribution in [3.05, 3.63) is 172 Å². The van der Waals surface area contributed by atoms with Gasteiger partial charge in [-0.15, -0.1) is 37.2 Å². The number of carbonyl (C=O) groups excluding carboxylic acids is 5. The van der Waals surface area contributed by atoms with Crippen LogP contribution in [0.5, 0.6) is 40.2 Å². The van der Waals surface area contributed by atoms with Gasteiger partial charge < -0.3 is 87.4 Å². The van der Waals surface area contributed by atoms with E-state index in [4.69, 9.17) is 61.8 Å². The standard InChI is InChI=1S/C20H25NO4.C14H21NO4.C14H21NO3.C13H19NO4.C11H15NO2.3ClH/c1-24-15-8-11-20(25-2)16(13-15)18(22)9-10-19(23)17(21)12-14-6-4-3-5-7-14;1-9(15)12(16)5-6-13(17)11-8-10(18-2)4-7-14(11)19-3;1-3-10-4-7-14(18-2)12(8-10)13(17)6-5-11(16)9-15;1-17-11-5-9(6-12(7-11)18-2)13(16)4-3-10(15)8-14;12-8-10(13)6-7-11(14)9-4-2-1-3-5-9;;;/h3-8,11,13,17-18,22H,9-10,12,21H2,1-2H3;4,7-9,13,17H,5-6,15H2,1-3H3;4,7-8,13,17H,3,5-6,9,15H2,1-2H3;5-7,13,16H,3-4,8,14H2,1-2H3;1-5,11,14H,6-8,12H2;3*1H. The van der Waals surface area contributed by atoms with Crippen molar-refractivity contribution in [3.8, 4) is 40.2 Å². The van der Waals surface area contributed by atoms with Crippen molar-refractivity contribution in [2.75, 3.05) is 69.4 Å². The van der Waals surface area contributed by atoms with E-state index in [1.54, 1.807) is 104 Å². The zero-order valence-electron chi connectivity index (χ0n) is 57.1. The molecule has 15 N–H and O–H groups in total. The fourth-order valence-electron chi connectivity index (χ4n) is 9.11. The third-order valence-corrected chi connectivity index (χ3v) is 14.9. The van der Waals surface area contributed by atoms with Crippen LogP contribution < -0.4 is 61.8 Å². The van der Waals surface area contributed by atoms with Crippen LogP contribution in [0, 0.1) is 0 Å². The van der Waals surface area contributed by atoms with Gasteiger partial charge in [0.25, 0.3) is 0 Å². The Bertz CT molecular complexity index is 3170. The number of aliphatic hydroxyl groups is 5. The molecule has 7 unspecified atom stereocenters. The molecule has 6 rings (SSSR count). The summed E-state index contributed by atoms with van der Waals surface area (Å²) in [6.07, 6.45) is 0.879. The van der Waals surface area contributed by atoms with Gasteiger partial charge in [0.15, 0.2) is 0 Å². The molecule has 540 valence electrons. The van der Waals surface area contributed by atoms with Gasteiger partial charge in [-0.25, -0.2) is 0 Å². The summed E-state index contributed by atoms with van der Waals surface area (Å²) >= 11 is 0. The summed E-state index contributed by atoms with van der Waals surface area (Å²) in [5, 5.41) is 50.4. The monoisotopic (exact) mass is 1420 g/mol. The minimum absolute atomic E-state index is 0. The second-order valence-corrected chi connectivity index (χ2v) is 21.7. The van der Waals surface area contributed by atoms with Crippen LogP contribution >= 0.6 is 37.2 Å². The molecule has 0 fully saturated rings. The largest absolute Gasteiger partial charge is 0.497 e. The summed E-state index contributed by atoms with van der Waals surface area (Å²) in [5.41, 5.74) is 32.7. The smallest absolute Gasteiger partial charge is 0.149 e. The summed E-state index contributed by atoms with van der Waals surface area (Å²) in [6.45, 7) is 3.78. The molecule has 0 aliphatic rings. The normalized spacial score (nSPS) is 12.4. The first kappa shape index (κ1) is 91.8. The summed E-state index contributed by atoms with van der Waals surface area (Å²) in [6, 6.07) is 39.2. The van der Waals surface area contributed by atoms with E-state index in [1.807, 2.05) is 78.9 Å². The molecule has 0 aliphatic heterocycles. The number of halogens is 3. The van der Waals surface area contributed by atoms with Gasteiger partial charge in [-0.2, -0.15) is 0 Å². The van der Waals surface area contributed by atoms with Gasteiger partial charge in [-0.1, -0.05) is 73.7 Å². The molecule has 0 spiro atoms. The lowest BCUT2D eigenvalue weighted by atomic mass is 9.97. The van der Waals surface area contributed by atoms with E-state index in [9.17, 15) is 49.5 Å². The van der Waals surface area contributed by atoms with Crippen molar-refractivity contribution in [1.29, 1.82) is 0 Å². The van der Waals surface area contributed by atoms with Crippen LogP contribution in [0.4, 0.5) is 0 Å².